The number of benzene rings is 2. The van der Waals surface area contributed by atoms with Crippen LogP contribution in [-0.4, -0.2) is 41.9 Å². The first kappa shape index (κ1) is 22.1. The van der Waals surface area contributed by atoms with Crippen molar-refractivity contribution in [3.8, 4) is 5.75 Å². The van der Waals surface area contributed by atoms with Crippen LogP contribution in [-0.2, 0) is 13.2 Å². The van der Waals surface area contributed by atoms with Crippen LogP contribution in [0.25, 0.3) is 0 Å². The Balaban J connectivity index is 1.29. The van der Waals surface area contributed by atoms with Crippen LogP contribution >= 0.6 is 34.5 Å². The van der Waals surface area contributed by atoms with Gasteiger partial charge in [-0.25, -0.2) is 4.39 Å². The molecule has 2 aromatic carbocycles. The number of para-hydroxylation sites is 1. The molecule has 162 valence electrons. The minimum absolute atomic E-state index is 0.0197. The summed E-state index contributed by atoms with van der Waals surface area (Å²) in [7, 11) is 0. The molecule has 1 amide bonds. The average molecular weight is 479 g/mol. The quantitative estimate of drug-likeness (QED) is 0.453. The molecule has 31 heavy (non-hydrogen) atoms. The number of nitrogens with zero attached hydrogens (tertiary/aromatic N) is 2. The zero-order valence-corrected chi connectivity index (χ0v) is 19.0. The molecule has 1 aliphatic heterocycles. The zero-order chi connectivity index (χ0) is 21.8. The third-order valence-electron chi connectivity index (χ3n) is 5.16. The van der Waals surface area contributed by atoms with Gasteiger partial charge in [-0.05, 0) is 41.3 Å². The lowest BCUT2D eigenvalue weighted by Gasteiger charge is -2.34. The molecular weight excluding hydrogens is 458 g/mol. The van der Waals surface area contributed by atoms with Crippen LogP contribution in [0, 0.1) is 5.82 Å². The van der Waals surface area contributed by atoms with Crippen molar-refractivity contribution in [2.75, 3.05) is 26.2 Å². The maximum absolute atomic E-state index is 13.7. The van der Waals surface area contributed by atoms with Gasteiger partial charge < -0.3 is 9.64 Å². The standard InChI is InChI=1S/C23H21Cl2FN2O2S/c24-18-6-5-17(19(25)12-18)13-27-7-9-28(10-8-27)23(29)22-11-16(15-31-22)14-30-21-4-2-1-3-20(21)26/h1-6,11-12,15H,7-10,13-14H2. The number of thiophene rings is 1. The van der Waals surface area contributed by atoms with E-state index in [0.717, 1.165) is 30.8 Å². The molecule has 1 aliphatic rings. The second kappa shape index (κ2) is 10.0. The molecule has 0 saturated carbocycles. The number of hydrogen-bond acceptors (Lipinski definition) is 4. The fraction of sp³-hybridized carbons (Fsp3) is 0.261. The minimum atomic E-state index is -0.396. The summed E-state index contributed by atoms with van der Waals surface area (Å²) in [5, 5.41) is 3.17. The number of hydrogen-bond donors (Lipinski definition) is 0. The molecule has 1 fully saturated rings. The molecule has 4 rings (SSSR count). The largest absolute Gasteiger partial charge is 0.486 e. The van der Waals surface area contributed by atoms with E-state index >= 15 is 0 Å². The van der Waals surface area contributed by atoms with E-state index in [4.69, 9.17) is 27.9 Å². The summed E-state index contributed by atoms with van der Waals surface area (Å²) < 4.78 is 19.2. The lowest BCUT2D eigenvalue weighted by atomic mass is 10.2. The average Bonchev–Trinajstić information content (AvgIpc) is 3.24. The smallest absolute Gasteiger partial charge is 0.264 e. The predicted molar refractivity (Wildman–Crippen MR) is 123 cm³/mol. The summed E-state index contributed by atoms with van der Waals surface area (Å²) in [4.78, 5) is 17.7. The van der Waals surface area contributed by atoms with Crippen LogP contribution in [0.4, 0.5) is 4.39 Å². The summed E-state index contributed by atoms with van der Waals surface area (Å²) in [6.07, 6.45) is 0. The van der Waals surface area contributed by atoms with Gasteiger partial charge in [-0.15, -0.1) is 11.3 Å². The lowest BCUT2D eigenvalue weighted by molar-refractivity contribution is 0.0633. The first-order chi connectivity index (χ1) is 15.0. The Labute approximate surface area is 194 Å². The Kier molecular flexibility index (Phi) is 7.13. The van der Waals surface area contributed by atoms with Crippen LogP contribution in [0.15, 0.2) is 53.9 Å². The third-order valence-corrected chi connectivity index (χ3v) is 6.72. The van der Waals surface area contributed by atoms with Crippen molar-refractivity contribution in [3.63, 3.8) is 0 Å². The highest BCUT2D eigenvalue weighted by Gasteiger charge is 2.23. The highest BCUT2D eigenvalue weighted by molar-refractivity contribution is 7.12. The monoisotopic (exact) mass is 478 g/mol. The first-order valence-electron chi connectivity index (χ1n) is 9.90. The van der Waals surface area contributed by atoms with Gasteiger partial charge in [0.2, 0.25) is 0 Å². The Bertz CT molecular complexity index is 1070. The molecule has 0 atom stereocenters. The molecule has 0 aliphatic carbocycles. The molecule has 2 heterocycles. The molecule has 0 unspecified atom stereocenters. The van der Waals surface area contributed by atoms with Crippen molar-refractivity contribution in [1.82, 2.24) is 9.80 Å². The van der Waals surface area contributed by atoms with Gasteiger partial charge in [-0.3, -0.25) is 9.69 Å². The van der Waals surface area contributed by atoms with E-state index < -0.39 is 5.82 Å². The van der Waals surface area contributed by atoms with Crippen molar-refractivity contribution in [2.24, 2.45) is 0 Å². The van der Waals surface area contributed by atoms with Gasteiger partial charge in [0.25, 0.3) is 5.91 Å². The highest BCUT2D eigenvalue weighted by atomic mass is 35.5. The number of carbonyl (C=O) groups is 1. The van der Waals surface area contributed by atoms with Crippen molar-refractivity contribution in [2.45, 2.75) is 13.2 Å². The molecule has 3 aromatic rings. The van der Waals surface area contributed by atoms with E-state index in [0.29, 0.717) is 28.0 Å². The highest BCUT2D eigenvalue weighted by Crippen LogP contribution is 2.24. The Hall–Kier alpha value is -2.12. The van der Waals surface area contributed by atoms with Gasteiger partial charge in [-0.1, -0.05) is 41.4 Å². The maximum atomic E-state index is 13.7. The SMILES string of the molecule is O=C(c1cc(COc2ccccc2F)cs1)N1CCN(Cc2ccc(Cl)cc2Cl)CC1. The van der Waals surface area contributed by atoms with Crippen molar-refractivity contribution < 1.29 is 13.9 Å². The Morgan fingerprint density at radius 1 is 1.06 bits per heavy atom. The van der Waals surface area contributed by atoms with E-state index in [2.05, 4.69) is 4.90 Å². The second-order valence-electron chi connectivity index (χ2n) is 7.34. The van der Waals surface area contributed by atoms with Crippen molar-refractivity contribution in [3.05, 3.63) is 85.8 Å². The van der Waals surface area contributed by atoms with Crippen LogP contribution in [0.1, 0.15) is 20.8 Å². The molecule has 1 aromatic heterocycles. The van der Waals surface area contributed by atoms with Crippen LogP contribution in [0.5, 0.6) is 5.75 Å². The Morgan fingerprint density at radius 3 is 2.58 bits per heavy atom. The van der Waals surface area contributed by atoms with Crippen LogP contribution in [0.3, 0.4) is 0 Å². The van der Waals surface area contributed by atoms with Gasteiger partial charge in [0.05, 0.1) is 4.88 Å². The summed E-state index contributed by atoms with van der Waals surface area (Å²) in [5.74, 6) is -0.170. The minimum Gasteiger partial charge on any atom is -0.486 e. The third kappa shape index (κ3) is 5.57. The molecular formula is C23H21Cl2FN2O2S. The summed E-state index contributed by atoms with van der Waals surface area (Å²) >= 11 is 13.6. The first-order valence-corrected chi connectivity index (χ1v) is 11.5. The van der Waals surface area contributed by atoms with E-state index in [1.807, 2.05) is 28.5 Å². The van der Waals surface area contributed by atoms with Crippen molar-refractivity contribution >= 4 is 40.4 Å². The Morgan fingerprint density at radius 2 is 1.84 bits per heavy atom. The van der Waals surface area contributed by atoms with Crippen LogP contribution in [0.2, 0.25) is 10.0 Å². The number of halogens is 3. The van der Waals surface area contributed by atoms with E-state index in [-0.39, 0.29) is 18.3 Å². The van der Waals surface area contributed by atoms with E-state index in [1.54, 1.807) is 24.3 Å². The fourth-order valence-electron chi connectivity index (χ4n) is 3.44. The molecule has 0 bridgehead atoms. The summed E-state index contributed by atoms with van der Waals surface area (Å²) in [6, 6.07) is 13.7. The second-order valence-corrected chi connectivity index (χ2v) is 9.10. The predicted octanol–water partition coefficient (Wildman–Crippen LogP) is 5.73. The molecule has 0 spiro atoms. The van der Waals surface area contributed by atoms with Crippen LogP contribution < -0.4 is 4.74 Å². The van der Waals surface area contributed by atoms with Gasteiger partial charge in [0, 0.05) is 48.3 Å². The molecule has 4 nitrogen and oxygen atoms in total. The lowest BCUT2D eigenvalue weighted by Crippen LogP contribution is -2.48. The summed E-state index contributed by atoms with van der Waals surface area (Å²) in [5.41, 5.74) is 1.89. The van der Waals surface area contributed by atoms with E-state index in [1.165, 1.54) is 17.4 Å². The van der Waals surface area contributed by atoms with Gasteiger partial charge in [0.15, 0.2) is 11.6 Å². The summed E-state index contributed by atoms with van der Waals surface area (Å²) in [6.45, 7) is 3.82. The molecule has 1 saturated heterocycles. The number of piperazine rings is 1. The molecule has 8 heteroatoms. The van der Waals surface area contributed by atoms with E-state index in [9.17, 15) is 9.18 Å². The van der Waals surface area contributed by atoms with Gasteiger partial charge in [0.1, 0.15) is 6.61 Å². The topological polar surface area (TPSA) is 32.8 Å². The maximum Gasteiger partial charge on any atom is 0.264 e. The number of carbonyl (C=O) groups excluding carboxylic acids is 1. The number of ether oxygens (including phenoxy) is 1. The number of amides is 1. The van der Waals surface area contributed by atoms with Gasteiger partial charge >= 0.3 is 0 Å². The normalized spacial score (nSPS) is 14.6. The molecule has 0 radical (unpaired) electrons. The van der Waals surface area contributed by atoms with Crippen molar-refractivity contribution in [1.29, 1.82) is 0 Å². The molecule has 0 N–H and O–H groups in total. The van der Waals surface area contributed by atoms with Gasteiger partial charge in [-0.2, -0.15) is 0 Å². The zero-order valence-electron chi connectivity index (χ0n) is 16.7. The fourth-order valence-corrected chi connectivity index (χ4v) is 4.77. The number of rotatable bonds is 6.